The summed E-state index contributed by atoms with van der Waals surface area (Å²) in [6.07, 6.45) is 3.90. The molecule has 192 valence electrons. The molecule has 12 heteroatoms. The fourth-order valence-corrected chi connectivity index (χ4v) is 6.31. The van der Waals surface area contributed by atoms with E-state index in [4.69, 9.17) is 16.3 Å². The molecule has 1 fully saturated rings. The van der Waals surface area contributed by atoms with Gasteiger partial charge in [0.15, 0.2) is 0 Å². The lowest BCUT2D eigenvalue weighted by Gasteiger charge is -2.23. The number of nitrogens with one attached hydrogen (secondary N) is 3. The van der Waals surface area contributed by atoms with Crippen LogP contribution in [0.4, 0.5) is 11.6 Å². The molecular weight excluding hydrogens is 532 g/mol. The predicted octanol–water partition coefficient (Wildman–Crippen LogP) is 5.32. The maximum Gasteiger partial charge on any atom is 0.263 e. The fraction of sp³-hybridized carbons (Fsp3) is 0.240. The third-order valence-corrected chi connectivity index (χ3v) is 8.53. The second kappa shape index (κ2) is 11.0. The number of hydrogen-bond acceptors (Lipinski definition) is 9. The summed E-state index contributed by atoms with van der Waals surface area (Å²) in [6.45, 7) is 3.71. The minimum atomic E-state index is -3.84. The normalized spacial score (nSPS) is 15.8. The molecule has 1 saturated heterocycles. The predicted molar refractivity (Wildman–Crippen MR) is 146 cm³/mol. The molecule has 1 aliphatic rings. The zero-order chi connectivity index (χ0) is 25.8. The van der Waals surface area contributed by atoms with Crippen LogP contribution in [0.3, 0.4) is 0 Å². The molecular formula is C25H25ClN6O3S2. The molecule has 2 aromatic carbocycles. The summed E-state index contributed by atoms with van der Waals surface area (Å²) in [5, 5.41) is 6.92. The Morgan fingerprint density at radius 3 is 2.81 bits per heavy atom. The lowest BCUT2D eigenvalue weighted by Crippen LogP contribution is -2.38. The van der Waals surface area contributed by atoms with Crippen molar-refractivity contribution in [2.75, 3.05) is 23.1 Å². The Morgan fingerprint density at radius 2 is 2.03 bits per heavy atom. The summed E-state index contributed by atoms with van der Waals surface area (Å²) in [7, 11) is -3.84. The lowest BCUT2D eigenvalue weighted by molar-refractivity contribution is 0.467. The zero-order valence-electron chi connectivity index (χ0n) is 19.9. The number of ether oxygens (including phenoxy) is 1. The van der Waals surface area contributed by atoms with Crippen LogP contribution in [-0.4, -0.2) is 42.5 Å². The van der Waals surface area contributed by atoms with E-state index < -0.39 is 10.0 Å². The van der Waals surface area contributed by atoms with Gasteiger partial charge in [-0.1, -0.05) is 23.7 Å². The number of aryl methyl sites for hydroxylation is 1. The zero-order valence-corrected chi connectivity index (χ0v) is 22.3. The Bertz CT molecular complexity index is 1510. The van der Waals surface area contributed by atoms with E-state index in [-0.39, 0.29) is 16.0 Å². The Balaban J connectivity index is 1.32. The van der Waals surface area contributed by atoms with E-state index in [1.165, 1.54) is 23.5 Å². The molecule has 2 aromatic heterocycles. The van der Waals surface area contributed by atoms with Crippen molar-refractivity contribution < 1.29 is 13.2 Å². The molecule has 5 rings (SSSR count). The van der Waals surface area contributed by atoms with Crippen molar-refractivity contribution in [1.82, 2.24) is 20.3 Å². The number of halogens is 1. The van der Waals surface area contributed by atoms with Crippen LogP contribution >= 0.6 is 22.9 Å². The van der Waals surface area contributed by atoms with E-state index in [1.807, 2.05) is 6.07 Å². The van der Waals surface area contributed by atoms with Crippen LogP contribution < -0.4 is 20.1 Å². The van der Waals surface area contributed by atoms with Crippen molar-refractivity contribution in [3.8, 4) is 22.2 Å². The third kappa shape index (κ3) is 6.02. The molecule has 0 amide bonds. The molecule has 9 nitrogen and oxygen atoms in total. The average Bonchev–Trinajstić information content (AvgIpc) is 3.35. The molecule has 0 radical (unpaired) electrons. The number of nitrogens with zero attached hydrogens (tertiary/aromatic N) is 3. The van der Waals surface area contributed by atoms with Crippen molar-refractivity contribution >= 4 is 44.6 Å². The van der Waals surface area contributed by atoms with E-state index in [9.17, 15) is 8.42 Å². The Morgan fingerprint density at radius 1 is 1.16 bits per heavy atom. The lowest BCUT2D eigenvalue weighted by atomic mass is 10.1. The summed E-state index contributed by atoms with van der Waals surface area (Å²) in [4.78, 5) is 14.2. The van der Waals surface area contributed by atoms with E-state index in [0.717, 1.165) is 30.8 Å². The van der Waals surface area contributed by atoms with Crippen LogP contribution in [0.5, 0.6) is 11.6 Å². The van der Waals surface area contributed by atoms with E-state index >= 15 is 0 Å². The van der Waals surface area contributed by atoms with Crippen LogP contribution in [0.1, 0.15) is 18.4 Å². The minimum Gasteiger partial charge on any atom is -0.437 e. The summed E-state index contributed by atoms with van der Waals surface area (Å²) >= 11 is 7.50. The largest absolute Gasteiger partial charge is 0.437 e. The van der Waals surface area contributed by atoms with Gasteiger partial charge in [0.2, 0.25) is 11.8 Å². The fourth-order valence-electron chi connectivity index (χ4n) is 3.98. The number of benzene rings is 2. The van der Waals surface area contributed by atoms with E-state index in [2.05, 4.69) is 30.3 Å². The molecule has 0 unspecified atom stereocenters. The maximum atomic E-state index is 12.8. The summed E-state index contributed by atoms with van der Waals surface area (Å²) in [5.41, 5.74) is 3.51. The van der Waals surface area contributed by atoms with Gasteiger partial charge in [0.05, 0.1) is 21.9 Å². The maximum absolute atomic E-state index is 12.8. The molecule has 4 aromatic rings. The van der Waals surface area contributed by atoms with E-state index in [1.54, 1.807) is 49.0 Å². The van der Waals surface area contributed by atoms with Gasteiger partial charge in [0.25, 0.3) is 10.0 Å². The number of anilines is 2. The topological polar surface area (TPSA) is 118 Å². The van der Waals surface area contributed by atoms with Crippen molar-refractivity contribution in [2.24, 2.45) is 0 Å². The van der Waals surface area contributed by atoms with Crippen molar-refractivity contribution in [2.45, 2.75) is 30.7 Å². The summed E-state index contributed by atoms with van der Waals surface area (Å²) < 4.78 is 34.3. The molecule has 3 heterocycles. The number of sulfonamides is 1. The highest BCUT2D eigenvalue weighted by atomic mass is 35.5. The van der Waals surface area contributed by atoms with Gasteiger partial charge in [0.1, 0.15) is 15.5 Å². The van der Waals surface area contributed by atoms with Gasteiger partial charge < -0.3 is 15.4 Å². The van der Waals surface area contributed by atoms with Gasteiger partial charge in [-0.05, 0) is 68.3 Å². The second-order valence-corrected chi connectivity index (χ2v) is 11.5. The molecule has 37 heavy (non-hydrogen) atoms. The van der Waals surface area contributed by atoms with Crippen molar-refractivity contribution in [3.63, 3.8) is 0 Å². The number of rotatable bonds is 8. The van der Waals surface area contributed by atoms with Crippen molar-refractivity contribution in [3.05, 3.63) is 70.8 Å². The smallest absolute Gasteiger partial charge is 0.263 e. The average molecular weight is 557 g/mol. The monoisotopic (exact) mass is 556 g/mol. The first-order valence-electron chi connectivity index (χ1n) is 11.7. The number of aromatic nitrogens is 3. The number of hydrogen-bond donors (Lipinski definition) is 3. The van der Waals surface area contributed by atoms with Gasteiger partial charge in [-0.25, -0.2) is 23.4 Å². The number of thiazole rings is 1. The summed E-state index contributed by atoms with van der Waals surface area (Å²) in [6, 6.07) is 13.5. The van der Waals surface area contributed by atoms with Crippen LogP contribution in [0.25, 0.3) is 10.6 Å². The van der Waals surface area contributed by atoms with Crippen molar-refractivity contribution in [1.29, 1.82) is 0 Å². The van der Waals surface area contributed by atoms with Gasteiger partial charge in [-0.2, -0.15) is 0 Å². The van der Waals surface area contributed by atoms with Gasteiger partial charge in [-0.15, -0.1) is 11.3 Å². The summed E-state index contributed by atoms with van der Waals surface area (Å²) in [5.74, 6) is 1.50. The molecule has 1 aliphatic heterocycles. The highest BCUT2D eigenvalue weighted by Gasteiger charge is 2.20. The Hall–Kier alpha value is -3.25. The van der Waals surface area contributed by atoms with Gasteiger partial charge in [0, 0.05) is 18.8 Å². The molecule has 0 bridgehead atoms. The molecule has 1 atom stereocenters. The quantitative estimate of drug-likeness (QED) is 0.267. The third-order valence-electron chi connectivity index (χ3n) is 5.84. The second-order valence-electron chi connectivity index (χ2n) is 8.55. The van der Waals surface area contributed by atoms with Gasteiger partial charge >= 0.3 is 0 Å². The molecule has 0 saturated carbocycles. The van der Waals surface area contributed by atoms with Crippen LogP contribution in [0, 0.1) is 6.92 Å². The first-order valence-corrected chi connectivity index (χ1v) is 14.4. The molecule has 0 aliphatic carbocycles. The molecule has 0 spiro atoms. The SMILES string of the molecule is Cc1cc(Oc2ncsc2-c2ccnc(N[C@H]3CCCNC3)n2)ccc1NS(=O)(=O)c1ccccc1Cl. The Kier molecular flexibility index (Phi) is 7.56. The standard InChI is InChI=1S/C25H25ClN6O3S2/c1-16-13-18(8-9-20(16)32-37(33,34)22-7-3-2-6-19(22)26)35-24-23(36-15-29-24)21-10-12-28-25(31-21)30-17-5-4-11-27-14-17/h2-3,6-10,12-13,15,17,27,32H,4-5,11,14H2,1H3,(H,28,30,31)/t17-/m0/s1. The first-order chi connectivity index (χ1) is 17.9. The van der Waals surface area contributed by atoms with Crippen LogP contribution in [0.2, 0.25) is 5.02 Å². The van der Waals surface area contributed by atoms with Crippen LogP contribution in [-0.2, 0) is 10.0 Å². The van der Waals surface area contributed by atoms with E-state index in [0.29, 0.717) is 34.5 Å². The number of piperidine rings is 1. The Labute approximate surface area is 224 Å². The highest BCUT2D eigenvalue weighted by Crippen LogP contribution is 2.36. The highest BCUT2D eigenvalue weighted by molar-refractivity contribution is 7.92. The van der Waals surface area contributed by atoms with Gasteiger partial charge in [-0.3, -0.25) is 4.72 Å². The minimum absolute atomic E-state index is 0.0157. The molecule has 3 N–H and O–H groups in total. The first kappa shape index (κ1) is 25.4. The van der Waals surface area contributed by atoms with Crippen LogP contribution in [0.15, 0.2) is 65.1 Å².